The van der Waals surface area contributed by atoms with E-state index in [-0.39, 0.29) is 0 Å². The number of fused-ring (bicyclic) bond motifs is 1. The van der Waals surface area contributed by atoms with E-state index >= 15 is 0 Å². The van der Waals surface area contributed by atoms with Crippen molar-refractivity contribution in [3.05, 3.63) is 42.1 Å². The number of aromatic nitrogens is 1. The molecule has 0 spiro atoms. The molecular formula is C16H20N2O2. The second-order valence-corrected chi connectivity index (χ2v) is 5.39. The fourth-order valence-corrected chi connectivity index (χ4v) is 2.29. The van der Waals surface area contributed by atoms with Gasteiger partial charge in [-0.1, -0.05) is 38.1 Å². The summed E-state index contributed by atoms with van der Waals surface area (Å²) >= 11 is 0. The summed E-state index contributed by atoms with van der Waals surface area (Å²) in [6, 6.07) is 9.35. The Labute approximate surface area is 118 Å². The Morgan fingerprint density at radius 3 is 2.75 bits per heavy atom. The summed E-state index contributed by atoms with van der Waals surface area (Å²) in [6.45, 7) is 4.56. The first kappa shape index (κ1) is 14.5. The quantitative estimate of drug-likeness (QED) is 0.849. The second-order valence-electron chi connectivity index (χ2n) is 5.39. The molecule has 1 unspecified atom stereocenters. The summed E-state index contributed by atoms with van der Waals surface area (Å²) in [6.07, 6.45) is 2.38. The van der Waals surface area contributed by atoms with Gasteiger partial charge in [-0.3, -0.25) is 9.78 Å². The van der Waals surface area contributed by atoms with Crippen molar-refractivity contribution in [2.45, 2.75) is 32.9 Å². The van der Waals surface area contributed by atoms with E-state index in [1.165, 1.54) is 0 Å². The van der Waals surface area contributed by atoms with Crippen molar-refractivity contribution in [1.82, 2.24) is 10.3 Å². The number of carboxylic acid groups (broad SMARTS) is 1. The third-order valence-electron chi connectivity index (χ3n) is 3.26. The molecule has 2 aromatic rings. The summed E-state index contributed by atoms with van der Waals surface area (Å²) < 4.78 is 0. The summed E-state index contributed by atoms with van der Waals surface area (Å²) in [4.78, 5) is 15.6. The molecule has 0 amide bonds. The minimum atomic E-state index is -0.799. The van der Waals surface area contributed by atoms with Crippen LogP contribution < -0.4 is 5.32 Å². The number of carboxylic acids is 1. The number of carbonyl (C=O) groups is 1. The Morgan fingerprint density at radius 2 is 2.05 bits per heavy atom. The molecule has 4 heteroatoms. The molecule has 0 aliphatic heterocycles. The maximum absolute atomic E-state index is 11.2. The zero-order valence-corrected chi connectivity index (χ0v) is 11.8. The lowest BCUT2D eigenvalue weighted by molar-refractivity contribution is -0.140. The fraction of sp³-hybridized carbons (Fsp3) is 0.375. The number of hydrogen-bond acceptors (Lipinski definition) is 3. The van der Waals surface area contributed by atoms with Crippen LogP contribution in [0.1, 0.15) is 25.8 Å². The van der Waals surface area contributed by atoms with Crippen molar-refractivity contribution in [1.29, 1.82) is 0 Å². The SMILES string of the molecule is CC(C)CC(NCc1cccc2cccnc12)C(=O)O. The van der Waals surface area contributed by atoms with Gasteiger partial charge in [-0.2, -0.15) is 0 Å². The highest BCUT2D eigenvalue weighted by Gasteiger charge is 2.18. The molecule has 1 heterocycles. The lowest BCUT2D eigenvalue weighted by atomic mass is 10.0. The van der Waals surface area contributed by atoms with Crippen molar-refractivity contribution in [3.63, 3.8) is 0 Å². The van der Waals surface area contributed by atoms with Gasteiger partial charge in [0.05, 0.1) is 5.52 Å². The third-order valence-corrected chi connectivity index (χ3v) is 3.26. The van der Waals surface area contributed by atoms with Crippen LogP contribution in [0.5, 0.6) is 0 Å². The maximum Gasteiger partial charge on any atom is 0.320 e. The molecule has 1 atom stereocenters. The smallest absolute Gasteiger partial charge is 0.320 e. The van der Waals surface area contributed by atoms with Crippen molar-refractivity contribution in [2.75, 3.05) is 0 Å². The molecule has 106 valence electrons. The summed E-state index contributed by atoms with van der Waals surface area (Å²) in [5.74, 6) is -0.457. The highest BCUT2D eigenvalue weighted by atomic mass is 16.4. The van der Waals surface area contributed by atoms with Gasteiger partial charge in [0.1, 0.15) is 6.04 Å². The zero-order chi connectivity index (χ0) is 14.5. The molecule has 0 fully saturated rings. The predicted octanol–water partition coefficient (Wildman–Crippen LogP) is 2.82. The molecule has 1 aromatic heterocycles. The standard InChI is InChI=1S/C16H20N2O2/c1-11(2)9-14(16(19)20)18-10-13-6-3-5-12-7-4-8-17-15(12)13/h3-8,11,14,18H,9-10H2,1-2H3,(H,19,20). The Kier molecular flexibility index (Phi) is 4.69. The molecule has 2 N–H and O–H groups in total. The van der Waals surface area contributed by atoms with Crippen molar-refractivity contribution in [3.8, 4) is 0 Å². The minimum absolute atomic E-state index is 0.342. The highest BCUT2D eigenvalue weighted by Crippen LogP contribution is 2.16. The number of rotatable bonds is 6. The Morgan fingerprint density at radius 1 is 1.30 bits per heavy atom. The molecule has 2 rings (SSSR count). The molecule has 4 nitrogen and oxygen atoms in total. The van der Waals surface area contributed by atoms with Crippen molar-refractivity contribution < 1.29 is 9.90 Å². The summed E-state index contributed by atoms with van der Waals surface area (Å²) in [5.41, 5.74) is 1.95. The number of para-hydroxylation sites is 1. The van der Waals surface area contributed by atoms with Gasteiger partial charge in [0.25, 0.3) is 0 Å². The van der Waals surface area contributed by atoms with Crippen LogP contribution in [0.3, 0.4) is 0 Å². The summed E-state index contributed by atoms with van der Waals surface area (Å²) in [5, 5.41) is 13.4. The van der Waals surface area contributed by atoms with E-state index < -0.39 is 12.0 Å². The van der Waals surface area contributed by atoms with Crippen molar-refractivity contribution >= 4 is 16.9 Å². The van der Waals surface area contributed by atoms with E-state index in [1.54, 1.807) is 6.20 Å². The Hall–Kier alpha value is -1.94. The van der Waals surface area contributed by atoms with Gasteiger partial charge in [0, 0.05) is 18.1 Å². The first-order chi connectivity index (χ1) is 9.58. The van der Waals surface area contributed by atoms with Gasteiger partial charge < -0.3 is 10.4 Å². The Balaban J connectivity index is 2.13. The Bertz CT molecular complexity index is 591. The number of nitrogens with zero attached hydrogens (tertiary/aromatic N) is 1. The van der Waals surface area contributed by atoms with Crippen LogP contribution in [-0.2, 0) is 11.3 Å². The zero-order valence-electron chi connectivity index (χ0n) is 11.8. The van der Waals surface area contributed by atoms with Gasteiger partial charge in [-0.05, 0) is 24.0 Å². The second kappa shape index (κ2) is 6.48. The minimum Gasteiger partial charge on any atom is -0.480 e. The lowest BCUT2D eigenvalue weighted by Gasteiger charge is -2.17. The molecule has 1 aromatic carbocycles. The number of hydrogen-bond donors (Lipinski definition) is 2. The average molecular weight is 272 g/mol. The predicted molar refractivity (Wildman–Crippen MR) is 79.5 cm³/mol. The fourth-order valence-electron chi connectivity index (χ4n) is 2.29. The van der Waals surface area contributed by atoms with E-state index in [2.05, 4.69) is 10.3 Å². The van der Waals surface area contributed by atoms with Crippen LogP contribution in [0.2, 0.25) is 0 Å². The van der Waals surface area contributed by atoms with E-state index in [4.69, 9.17) is 0 Å². The van der Waals surface area contributed by atoms with Crippen LogP contribution in [0.15, 0.2) is 36.5 Å². The van der Waals surface area contributed by atoms with Gasteiger partial charge in [-0.15, -0.1) is 0 Å². The number of benzene rings is 1. The molecule has 0 aliphatic rings. The topological polar surface area (TPSA) is 62.2 Å². The van der Waals surface area contributed by atoms with Crippen molar-refractivity contribution in [2.24, 2.45) is 5.92 Å². The average Bonchev–Trinajstić information content (AvgIpc) is 2.42. The number of nitrogens with one attached hydrogen (secondary N) is 1. The molecule has 0 radical (unpaired) electrons. The normalized spacial score (nSPS) is 12.8. The number of pyridine rings is 1. The highest BCUT2D eigenvalue weighted by molar-refractivity contribution is 5.81. The molecule has 0 saturated carbocycles. The van der Waals surface area contributed by atoms with E-state index in [0.29, 0.717) is 18.9 Å². The monoisotopic (exact) mass is 272 g/mol. The number of aliphatic carboxylic acids is 1. The van der Waals surface area contributed by atoms with Gasteiger partial charge in [0.2, 0.25) is 0 Å². The van der Waals surface area contributed by atoms with Gasteiger partial charge in [0.15, 0.2) is 0 Å². The van der Waals surface area contributed by atoms with Gasteiger partial charge >= 0.3 is 5.97 Å². The van der Waals surface area contributed by atoms with Crippen LogP contribution in [0.4, 0.5) is 0 Å². The maximum atomic E-state index is 11.2. The first-order valence-electron chi connectivity index (χ1n) is 6.86. The van der Waals surface area contributed by atoms with Crippen LogP contribution in [-0.4, -0.2) is 22.1 Å². The summed E-state index contributed by atoms with van der Waals surface area (Å²) in [7, 11) is 0. The van der Waals surface area contributed by atoms with Crippen LogP contribution in [0, 0.1) is 5.92 Å². The van der Waals surface area contributed by atoms with Crippen LogP contribution >= 0.6 is 0 Å². The van der Waals surface area contributed by atoms with E-state index in [0.717, 1.165) is 16.5 Å². The molecule has 0 bridgehead atoms. The molecule has 0 aliphatic carbocycles. The lowest BCUT2D eigenvalue weighted by Crippen LogP contribution is -2.37. The van der Waals surface area contributed by atoms with Gasteiger partial charge in [-0.25, -0.2) is 0 Å². The van der Waals surface area contributed by atoms with E-state index in [1.807, 2.05) is 44.2 Å². The molecular weight excluding hydrogens is 252 g/mol. The largest absolute Gasteiger partial charge is 0.480 e. The van der Waals surface area contributed by atoms with E-state index in [9.17, 15) is 9.90 Å². The molecule has 0 saturated heterocycles. The van der Waals surface area contributed by atoms with Crippen LogP contribution in [0.25, 0.3) is 10.9 Å². The first-order valence-corrected chi connectivity index (χ1v) is 6.86. The third kappa shape index (κ3) is 3.54. The molecule has 20 heavy (non-hydrogen) atoms.